The Kier molecular flexibility index (Phi) is 4.55. The molecule has 1 saturated heterocycles. The van der Waals surface area contributed by atoms with Gasteiger partial charge in [-0.2, -0.15) is 5.26 Å². The Bertz CT molecular complexity index is 589. The van der Waals surface area contributed by atoms with Gasteiger partial charge >= 0.3 is 6.09 Å². The maximum Gasteiger partial charge on any atom is 0.410 e. The van der Waals surface area contributed by atoms with Crippen molar-refractivity contribution in [3.05, 3.63) is 23.9 Å². The second-order valence-electron chi connectivity index (χ2n) is 6.48. The summed E-state index contributed by atoms with van der Waals surface area (Å²) in [4.78, 5) is 20.3. The van der Waals surface area contributed by atoms with Gasteiger partial charge in [0, 0.05) is 31.9 Å². The van der Waals surface area contributed by atoms with Crippen LogP contribution in [0.5, 0.6) is 0 Å². The van der Waals surface area contributed by atoms with E-state index in [1.165, 1.54) is 0 Å². The molecule has 6 nitrogen and oxygen atoms in total. The summed E-state index contributed by atoms with van der Waals surface area (Å²) in [6.45, 7) is 9.50. The fourth-order valence-electron chi connectivity index (χ4n) is 2.42. The number of pyridine rings is 1. The van der Waals surface area contributed by atoms with Gasteiger partial charge in [0.15, 0.2) is 0 Å². The lowest BCUT2D eigenvalue weighted by Gasteiger charge is -2.40. The van der Waals surface area contributed by atoms with Gasteiger partial charge < -0.3 is 14.5 Å². The van der Waals surface area contributed by atoms with Gasteiger partial charge in [-0.1, -0.05) is 0 Å². The zero-order valence-corrected chi connectivity index (χ0v) is 13.5. The molecule has 1 atom stereocenters. The zero-order chi connectivity index (χ0) is 16.3. The molecule has 1 aromatic rings. The number of carbonyl (C=O) groups is 1. The first-order chi connectivity index (χ1) is 10.3. The van der Waals surface area contributed by atoms with E-state index >= 15 is 0 Å². The molecule has 0 spiro atoms. The van der Waals surface area contributed by atoms with Gasteiger partial charge in [0.05, 0.1) is 11.6 Å². The van der Waals surface area contributed by atoms with Gasteiger partial charge in [-0.15, -0.1) is 0 Å². The summed E-state index contributed by atoms with van der Waals surface area (Å²) >= 11 is 0. The van der Waals surface area contributed by atoms with Crippen LogP contribution in [0.4, 0.5) is 10.6 Å². The third kappa shape index (κ3) is 3.88. The number of amides is 1. The van der Waals surface area contributed by atoms with Crippen LogP contribution in [0.3, 0.4) is 0 Å². The van der Waals surface area contributed by atoms with E-state index in [4.69, 9.17) is 10.00 Å². The Morgan fingerprint density at radius 3 is 2.77 bits per heavy atom. The van der Waals surface area contributed by atoms with Crippen molar-refractivity contribution in [2.45, 2.75) is 39.3 Å². The summed E-state index contributed by atoms with van der Waals surface area (Å²) in [5.41, 5.74) is 0.101. The third-order valence-corrected chi connectivity index (χ3v) is 3.45. The summed E-state index contributed by atoms with van der Waals surface area (Å²) in [6, 6.07) is 5.60. The second kappa shape index (κ2) is 6.22. The predicted octanol–water partition coefficient (Wildman–Crippen LogP) is 2.40. The van der Waals surface area contributed by atoms with Crippen LogP contribution in [-0.4, -0.2) is 47.3 Å². The fourth-order valence-corrected chi connectivity index (χ4v) is 2.42. The van der Waals surface area contributed by atoms with Crippen molar-refractivity contribution in [1.82, 2.24) is 9.88 Å². The van der Waals surface area contributed by atoms with Gasteiger partial charge in [-0.3, -0.25) is 0 Å². The maximum atomic E-state index is 12.2. The maximum absolute atomic E-state index is 12.2. The molecule has 0 aromatic carbocycles. The molecule has 0 aliphatic carbocycles. The highest BCUT2D eigenvalue weighted by molar-refractivity contribution is 5.69. The molecule has 1 aromatic heterocycles. The Morgan fingerprint density at radius 2 is 2.18 bits per heavy atom. The molecule has 1 aliphatic heterocycles. The molecule has 0 N–H and O–H groups in total. The molecule has 1 aliphatic rings. The number of piperazine rings is 1. The Balaban J connectivity index is 2.03. The van der Waals surface area contributed by atoms with Crippen molar-refractivity contribution >= 4 is 11.9 Å². The smallest absolute Gasteiger partial charge is 0.410 e. The summed E-state index contributed by atoms with van der Waals surface area (Å²) in [5, 5.41) is 8.97. The molecule has 1 unspecified atom stereocenters. The van der Waals surface area contributed by atoms with E-state index in [0.29, 0.717) is 25.2 Å². The van der Waals surface area contributed by atoms with Gasteiger partial charge in [-0.25, -0.2) is 9.78 Å². The van der Waals surface area contributed by atoms with Gasteiger partial charge in [0.2, 0.25) is 0 Å². The summed E-state index contributed by atoms with van der Waals surface area (Å²) in [6.07, 6.45) is 1.36. The van der Waals surface area contributed by atoms with E-state index in [2.05, 4.69) is 16.0 Å². The zero-order valence-electron chi connectivity index (χ0n) is 13.5. The topological polar surface area (TPSA) is 69.5 Å². The molecule has 2 heterocycles. The molecule has 22 heavy (non-hydrogen) atoms. The molecule has 118 valence electrons. The van der Waals surface area contributed by atoms with Crippen molar-refractivity contribution in [3.8, 4) is 6.07 Å². The number of anilines is 1. The Labute approximate surface area is 131 Å². The Hall–Kier alpha value is -2.29. The van der Waals surface area contributed by atoms with E-state index in [0.717, 1.165) is 5.82 Å². The van der Waals surface area contributed by atoms with Gasteiger partial charge in [0.25, 0.3) is 0 Å². The summed E-state index contributed by atoms with van der Waals surface area (Å²) < 4.78 is 5.43. The highest BCUT2D eigenvalue weighted by Crippen LogP contribution is 2.20. The lowest BCUT2D eigenvalue weighted by molar-refractivity contribution is 0.0158. The number of hydrogen-bond acceptors (Lipinski definition) is 5. The minimum Gasteiger partial charge on any atom is -0.444 e. The highest BCUT2D eigenvalue weighted by atomic mass is 16.6. The van der Waals surface area contributed by atoms with E-state index in [-0.39, 0.29) is 12.1 Å². The number of carbonyl (C=O) groups excluding carboxylic acids is 1. The molecule has 1 fully saturated rings. The first-order valence-corrected chi connectivity index (χ1v) is 7.41. The monoisotopic (exact) mass is 302 g/mol. The van der Waals surface area contributed by atoms with Crippen LogP contribution in [0.15, 0.2) is 18.3 Å². The largest absolute Gasteiger partial charge is 0.444 e. The van der Waals surface area contributed by atoms with Crippen LogP contribution in [0.25, 0.3) is 0 Å². The minimum absolute atomic E-state index is 0.0242. The first-order valence-electron chi connectivity index (χ1n) is 7.41. The highest BCUT2D eigenvalue weighted by Gasteiger charge is 2.31. The standard InChI is InChI=1S/C16H22N4O2/c1-12-11-19(14-9-13(10-17)5-6-18-14)7-8-20(12)15(21)22-16(2,3)4/h5-6,9,12H,7-8,11H2,1-4H3. The fraction of sp³-hybridized carbons (Fsp3) is 0.562. The van der Waals surface area contributed by atoms with Crippen molar-refractivity contribution in [2.75, 3.05) is 24.5 Å². The molecular weight excluding hydrogens is 280 g/mol. The number of ether oxygens (including phenoxy) is 1. The van der Waals surface area contributed by atoms with Crippen LogP contribution in [0.2, 0.25) is 0 Å². The number of aromatic nitrogens is 1. The lowest BCUT2D eigenvalue weighted by atomic mass is 10.2. The quantitative estimate of drug-likeness (QED) is 0.796. The van der Waals surface area contributed by atoms with Crippen LogP contribution in [0.1, 0.15) is 33.3 Å². The molecule has 6 heteroatoms. The van der Waals surface area contributed by atoms with Crippen LogP contribution >= 0.6 is 0 Å². The molecule has 0 bridgehead atoms. The number of nitriles is 1. The normalized spacial score (nSPS) is 18.8. The Morgan fingerprint density at radius 1 is 1.45 bits per heavy atom. The SMILES string of the molecule is CC1CN(c2cc(C#N)ccn2)CCN1C(=O)OC(C)(C)C. The molecule has 0 saturated carbocycles. The second-order valence-corrected chi connectivity index (χ2v) is 6.48. The number of hydrogen-bond donors (Lipinski definition) is 0. The average Bonchev–Trinajstić information content (AvgIpc) is 2.45. The third-order valence-electron chi connectivity index (χ3n) is 3.45. The van der Waals surface area contributed by atoms with E-state index < -0.39 is 5.60 Å². The van der Waals surface area contributed by atoms with Crippen LogP contribution in [0, 0.1) is 11.3 Å². The van der Waals surface area contributed by atoms with Crippen LogP contribution in [-0.2, 0) is 4.74 Å². The van der Waals surface area contributed by atoms with Crippen molar-refractivity contribution in [2.24, 2.45) is 0 Å². The van der Waals surface area contributed by atoms with Crippen LogP contribution < -0.4 is 4.90 Å². The van der Waals surface area contributed by atoms with Crippen molar-refractivity contribution in [1.29, 1.82) is 5.26 Å². The predicted molar refractivity (Wildman–Crippen MR) is 83.6 cm³/mol. The van der Waals surface area contributed by atoms with Crippen molar-refractivity contribution in [3.63, 3.8) is 0 Å². The summed E-state index contributed by atoms with van der Waals surface area (Å²) in [7, 11) is 0. The number of rotatable bonds is 1. The van der Waals surface area contributed by atoms with Gasteiger partial charge in [-0.05, 0) is 39.8 Å². The molecule has 2 rings (SSSR count). The summed E-state index contributed by atoms with van der Waals surface area (Å²) in [5.74, 6) is 0.773. The molecule has 0 radical (unpaired) electrons. The average molecular weight is 302 g/mol. The lowest BCUT2D eigenvalue weighted by Crippen LogP contribution is -2.55. The van der Waals surface area contributed by atoms with E-state index in [1.807, 2.05) is 27.7 Å². The van der Waals surface area contributed by atoms with E-state index in [1.54, 1.807) is 23.2 Å². The molecular formula is C16H22N4O2. The molecule has 1 amide bonds. The number of nitrogens with zero attached hydrogens (tertiary/aromatic N) is 4. The first kappa shape index (κ1) is 16.1. The minimum atomic E-state index is -0.489. The van der Waals surface area contributed by atoms with Crippen molar-refractivity contribution < 1.29 is 9.53 Å². The van der Waals surface area contributed by atoms with E-state index in [9.17, 15) is 4.79 Å². The van der Waals surface area contributed by atoms with Gasteiger partial charge in [0.1, 0.15) is 11.4 Å².